The maximum absolute atomic E-state index is 12.5. The summed E-state index contributed by atoms with van der Waals surface area (Å²) in [5.41, 5.74) is 2.95. The number of benzene rings is 2. The number of thioether (sulfide) groups is 1. The van der Waals surface area contributed by atoms with Gasteiger partial charge < -0.3 is 15.9 Å². The Bertz CT molecular complexity index is 955. The fourth-order valence-electron chi connectivity index (χ4n) is 2.64. The number of carbonyl (C=O) groups excluding carboxylic acids is 1. The molecule has 3 N–H and O–H groups in total. The molecule has 0 saturated heterocycles. The first-order valence-electron chi connectivity index (χ1n) is 8.83. The Morgan fingerprint density at radius 3 is 2.64 bits per heavy atom. The Kier molecular flexibility index (Phi) is 6.20. The van der Waals surface area contributed by atoms with Crippen molar-refractivity contribution >= 4 is 17.7 Å². The summed E-state index contributed by atoms with van der Waals surface area (Å²) < 4.78 is 6.72. The summed E-state index contributed by atoms with van der Waals surface area (Å²) in [5, 5.41) is 11.3. The number of nitrogen functional groups attached to an aromatic ring is 1. The number of hydrogen-bond donors (Lipinski definition) is 2. The molecule has 0 radical (unpaired) electrons. The summed E-state index contributed by atoms with van der Waals surface area (Å²) in [6.07, 6.45) is 0. The van der Waals surface area contributed by atoms with Crippen molar-refractivity contribution in [1.29, 1.82) is 0 Å². The maximum Gasteiger partial charge on any atom is 0.233 e. The highest BCUT2D eigenvalue weighted by Crippen LogP contribution is 2.25. The average molecular weight is 398 g/mol. The van der Waals surface area contributed by atoms with Gasteiger partial charge in [0.2, 0.25) is 11.1 Å². The number of carbonyl (C=O) groups is 1. The van der Waals surface area contributed by atoms with Crippen LogP contribution in [0.15, 0.2) is 53.7 Å². The lowest BCUT2D eigenvalue weighted by Gasteiger charge is -2.13. The van der Waals surface area contributed by atoms with Gasteiger partial charge in [-0.2, -0.15) is 0 Å². The minimum Gasteiger partial charge on any atom is -0.496 e. The van der Waals surface area contributed by atoms with Gasteiger partial charge in [-0.1, -0.05) is 59.8 Å². The number of aromatic nitrogens is 3. The Morgan fingerprint density at radius 2 is 1.93 bits per heavy atom. The normalized spacial score (nSPS) is 11.8. The Morgan fingerprint density at radius 1 is 1.21 bits per heavy atom. The molecule has 28 heavy (non-hydrogen) atoms. The van der Waals surface area contributed by atoms with E-state index in [1.807, 2.05) is 62.4 Å². The molecule has 0 aliphatic heterocycles. The van der Waals surface area contributed by atoms with Crippen molar-refractivity contribution in [2.75, 3.05) is 13.0 Å². The predicted octanol–water partition coefficient (Wildman–Crippen LogP) is 2.77. The molecular formula is C20H23N5O2S. The van der Waals surface area contributed by atoms with Crippen molar-refractivity contribution in [1.82, 2.24) is 20.2 Å². The van der Waals surface area contributed by atoms with Gasteiger partial charge >= 0.3 is 0 Å². The van der Waals surface area contributed by atoms with Crippen LogP contribution in [0.5, 0.6) is 5.75 Å². The van der Waals surface area contributed by atoms with Crippen LogP contribution in [0.1, 0.15) is 18.1 Å². The molecule has 146 valence electrons. The Labute approximate surface area is 168 Å². The van der Waals surface area contributed by atoms with Gasteiger partial charge in [-0.05, 0) is 19.9 Å². The topological polar surface area (TPSA) is 95.1 Å². The van der Waals surface area contributed by atoms with Crippen LogP contribution < -0.4 is 15.9 Å². The quantitative estimate of drug-likeness (QED) is 0.470. The highest BCUT2D eigenvalue weighted by Gasteiger charge is 2.20. The lowest BCUT2D eigenvalue weighted by Crippen LogP contribution is -2.31. The summed E-state index contributed by atoms with van der Waals surface area (Å²) in [5.74, 6) is 7.33. The molecule has 1 heterocycles. The smallest absolute Gasteiger partial charge is 0.233 e. The number of nitrogens with one attached hydrogen (secondary N) is 1. The van der Waals surface area contributed by atoms with Crippen LogP contribution in [0.4, 0.5) is 0 Å². The van der Waals surface area contributed by atoms with Crippen LogP contribution in [0.2, 0.25) is 0 Å². The number of para-hydroxylation sites is 1. The van der Waals surface area contributed by atoms with Gasteiger partial charge in [0.25, 0.3) is 0 Å². The van der Waals surface area contributed by atoms with Crippen LogP contribution in [-0.4, -0.2) is 33.1 Å². The van der Waals surface area contributed by atoms with Gasteiger partial charge in [0.15, 0.2) is 5.82 Å². The minimum absolute atomic E-state index is 0.115. The molecule has 0 aliphatic carbocycles. The molecule has 1 atom stereocenters. The Hall–Kier alpha value is -3.00. The molecule has 0 fully saturated rings. The summed E-state index contributed by atoms with van der Waals surface area (Å²) in [6, 6.07) is 15.5. The third kappa shape index (κ3) is 4.45. The first-order chi connectivity index (χ1) is 13.5. The van der Waals surface area contributed by atoms with E-state index < -0.39 is 0 Å². The highest BCUT2D eigenvalue weighted by atomic mass is 32.2. The summed E-state index contributed by atoms with van der Waals surface area (Å²) >= 11 is 1.26. The minimum atomic E-state index is -0.382. The van der Waals surface area contributed by atoms with Crippen molar-refractivity contribution in [2.45, 2.75) is 30.8 Å². The predicted molar refractivity (Wildman–Crippen MR) is 111 cm³/mol. The van der Waals surface area contributed by atoms with Crippen LogP contribution >= 0.6 is 11.8 Å². The number of nitrogens with zero attached hydrogens (tertiary/aromatic N) is 3. The molecule has 0 bridgehead atoms. The first kappa shape index (κ1) is 19.8. The van der Waals surface area contributed by atoms with Gasteiger partial charge in [0.1, 0.15) is 5.75 Å². The van der Waals surface area contributed by atoms with Gasteiger partial charge in [-0.3, -0.25) is 4.79 Å². The second-order valence-corrected chi connectivity index (χ2v) is 7.64. The Balaban J connectivity index is 1.63. The fourth-order valence-corrected chi connectivity index (χ4v) is 3.44. The molecule has 1 aromatic heterocycles. The molecule has 0 aliphatic rings. The summed E-state index contributed by atoms with van der Waals surface area (Å²) in [7, 11) is 1.61. The van der Waals surface area contributed by atoms with E-state index in [0.29, 0.717) is 17.5 Å². The average Bonchev–Trinajstić information content (AvgIpc) is 3.07. The van der Waals surface area contributed by atoms with E-state index in [4.69, 9.17) is 10.6 Å². The fraction of sp³-hybridized carbons (Fsp3) is 0.250. The number of aryl methyl sites for hydroxylation is 1. The zero-order chi connectivity index (χ0) is 20.1. The van der Waals surface area contributed by atoms with Crippen molar-refractivity contribution in [3.8, 4) is 17.1 Å². The molecule has 1 unspecified atom stereocenters. The van der Waals surface area contributed by atoms with Crippen LogP contribution in [0, 0.1) is 6.92 Å². The third-order valence-electron chi connectivity index (χ3n) is 4.27. The molecule has 3 rings (SSSR count). The van der Waals surface area contributed by atoms with Crippen LogP contribution in [0.25, 0.3) is 11.4 Å². The monoisotopic (exact) mass is 397 g/mol. The second kappa shape index (κ2) is 8.79. The maximum atomic E-state index is 12.5. The van der Waals surface area contributed by atoms with Gasteiger partial charge in [0.05, 0.1) is 12.4 Å². The number of methoxy groups -OCH3 is 1. The molecule has 0 saturated carbocycles. The number of hydrogen-bond acceptors (Lipinski definition) is 6. The number of amides is 1. The third-order valence-corrected chi connectivity index (χ3v) is 5.33. The van der Waals surface area contributed by atoms with E-state index >= 15 is 0 Å². The molecule has 1 amide bonds. The van der Waals surface area contributed by atoms with Crippen molar-refractivity contribution in [3.05, 3.63) is 59.7 Å². The lowest BCUT2D eigenvalue weighted by molar-refractivity contribution is -0.120. The molecular weight excluding hydrogens is 374 g/mol. The molecule has 2 aromatic carbocycles. The van der Waals surface area contributed by atoms with E-state index in [1.54, 1.807) is 7.11 Å². The zero-order valence-corrected chi connectivity index (χ0v) is 16.9. The molecule has 0 spiro atoms. The zero-order valence-electron chi connectivity index (χ0n) is 16.0. The van der Waals surface area contributed by atoms with Gasteiger partial charge in [-0.25, -0.2) is 4.68 Å². The number of ether oxygens (including phenoxy) is 1. The highest BCUT2D eigenvalue weighted by molar-refractivity contribution is 8.00. The molecule has 8 heteroatoms. The van der Waals surface area contributed by atoms with Crippen molar-refractivity contribution in [3.63, 3.8) is 0 Å². The van der Waals surface area contributed by atoms with E-state index in [0.717, 1.165) is 22.4 Å². The van der Waals surface area contributed by atoms with Crippen LogP contribution in [0.3, 0.4) is 0 Å². The molecule has 7 nitrogen and oxygen atoms in total. The second-order valence-electron chi connectivity index (χ2n) is 6.33. The standard InChI is InChI=1S/C20H23N5O2S/c1-13-8-10-15(11-9-13)18-23-24-20(25(18)21)28-14(2)19(26)22-12-16-6-4-5-7-17(16)27-3/h4-11,14H,12,21H2,1-3H3,(H,22,26). The van der Waals surface area contributed by atoms with Gasteiger partial charge in [-0.15, -0.1) is 10.2 Å². The van der Waals surface area contributed by atoms with Gasteiger partial charge in [0, 0.05) is 17.7 Å². The lowest BCUT2D eigenvalue weighted by atomic mass is 10.1. The van der Waals surface area contributed by atoms with Crippen LogP contribution in [-0.2, 0) is 11.3 Å². The summed E-state index contributed by atoms with van der Waals surface area (Å²) in [6.45, 7) is 4.21. The van der Waals surface area contributed by atoms with E-state index in [-0.39, 0.29) is 11.2 Å². The first-order valence-corrected chi connectivity index (χ1v) is 9.71. The van der Waals surface area contributed by atoms with E-state index in [9.17, 15) is 4.79 Å². The number of rotatable bonds is 7. The van der Waals surface area contributed by atoms with Crippen molar-refractivity contribution in [2.24, 2.45) is 0 Å². The summed E-state index contributed by atoms with van der Waals surface area (Å²) in [4.78, 5) is 12.5. The van der Waals surface area contributed by atoms with E-state index in [1.165, 1.54) is 16.4 Å². The van der Waals surface area contributed by atoms with Crippen molar-refractivity contribution < 1.29 is 9.53 Å². The SMILES string of the molecule is COc1ccccc1CNC(=O)C(C)Sc1nnc(-c2ccc(C)cc2)n1N. The number of nitrogens with two attached hydrogens (primary N) is 1. The molecule has 3 aromatic rings. The van der Waals surface area contributed by atoms with E-state index in [2.05, 4.69) is 15.5 Å². The largest absolute Gasteiger partial charge is 0.496 e.